The molecule has 0 N–H and O–H groups in total. The van der Waals surface area contributed by atoms with Gasteiger partial charge in [-0.3, -0.25) is 0 Å². The molecule has 10 aromatic carbocycles. The average Bonchev–Trinajstić information content (AvgIpc) is 3.58. The van der Waals surface area contributed by atoms with Crippen LogP contribution in [-0.4, -0.2) is 12.6 Å². The van der Waals surface area contributed by atoms with Crippen molar-refractivity contribution in [3.05, 3.63) is 212 Å². The Labute approximate surface area is 315 Å². The Bertz CT molecular complexity index is 2910. The van der Waals surface area contributed by atoms with Crippen LogP contribution in [0.25, 0.3) is 70.9 Å². The highest BCUT2D eigenvalue weighted by Crippen LogP contribution is 2.38. The lowest BCUT2D eigenvalue weighted by Gasteiger charge is -2.35. The molecule has 0 unspecified atom stereocenters. The molecule has 0 saturated heterocycles. The number of benzene rings is 10. The molecule has 0 amide bonds. The van der Waals surface area contributed by atoms with Gasteiger partial charge in [0.05, 0.1) is 11.0 Å². The van der Waals surface area contributed by atoms with Crippen LogP contribution in [-0.2, 0) is 0 Å². The monoisotopic (exact) mass is 701 g/mol. The molecule has 1 heterocycles. The van der Waals surface area contributed by atoms with Gasteiger partial charge < -0.3 is 4.57 Å². The molecule has 0 aliphatic carbocycles. The van der Waals surface area contributed by atoms with E-state index in [9.17, 15) is 0 Å². The van der Waals surface area contributed by atoms with Crippen LogP contribution in [0.15, 0.2) is 212 Å². The Morgan fingerprint density at radius 2 is 0.685 bits per heavy atom. The molecule has 0 radical (unpaired) electrons. The van der Waals surface area contributed by atoms with Gasteiger partial charge in [0.15, 0.2) is 8.07 Å². The molecule has 0 saturated carbocycles. The Balaban J connectivity index is 1.06. The highest BCUT2D eigenvalue weighted by Gasteiger charge is 2.41. The highest BCUT2D eigenvalue weighted by molar-refractivity contribution is 7.20. The maximum absolute atomic E-state index is 2.66. The summed E-state index contributed by atoms with van der Waals surface area (Å²) in [6.45, 7) is 0. The SMILES string of the molecule is c1ccc([Si](c2ccccc2)(c2ccccc2)c2cc3ccc4cc(-c5ccc(-n6c7ccccc7c7ccccc76)cc5)cc5ccc(c2)c3c45)cc1. The smallest absolute Gasteiger partial charge is 0.179 e. The first-order valence-electron chi connectivity index (χ1n) is 18.8. The van der Waals surface area contributed by atoms with Crippen molar-refractivity contribution in [3.63, 3.8) is 0 Å². The van der Waals surface area contributed by atoms with Gasteiger partial charge in [0.2, 0.25) is 0 Å². The molecule has 11 aromatic rings. The van der Waals surface area contributed by atoms with Crippen LogP contribution < -0.4 is 20.7 Å². The third-order valence-electron chi connectivity index (χ3n) is 11.6. The van der Waals surface area contributed by atoms with E-state index in [2.05, 4.69) is 217 Å². The number of para-hydroxylation sites is 2. The lowest BCUT2D eigenvalue weighted by molar-refractivity contribution is 1.18. The molecule has 0 spiro atoms. The molecular formula is C52H35NSi. The summed E-state index contributed by atoms with van der Waals surface area (Å²) in [5, 5.41) is 16.0. The number of hydrogen-bond acceptors (Lipinski definition) is 0. The first-order chi connectivity index (χ1) is 26.8. The molecular weight excluding hydrogens is 667 g/mol. The van der Waals surface area contributed by atoms with Gasteiger partial charge >= 0.3 is 0 Å². The molecule has 0 aliphatic heterocycles. The maximum Gasteiger partial charge on any atom is 0.179 e. The molecule has 252 valence electrons. The van der Waals surface area contributed by atoms with Gasteiger partial charge in [-0.15, -0.1) is 0 Å². The molecule has 0 fully saturated rings. The zero-order chi connectivity index (χ0) is 35.6. The van der Waals surface area contributed by atoms with E-state index in [1.165, 1.54) is 91.7 Å². The van der Waals surface area contributed by atoms with Crippen molar-refractivity contribution in [2.75, 3.05) is 0 Å². The predicted molar refractivity (Wildman–Crippen MR) is 234 cm³/mol. The second-order valence-electron chi connectivity index (χ2n) is 14.5. The third-order valence-corrected chi connectivity index (χ3v) is 16.4. The van der Waals surface area contributed by atoms with Gasteiger partial charge in [0, 0.05) is 16.5 Å². The van der Waals surface area contributed by atoms with Crippen LogP contribution in [0.3, 0.4) is 0 Å². The summed E-state index contributed by atoms with van der Waals surface area (Å²) in [5.41, 5.74) is 6.09. The predicted octanol–water partition coefficient (Wildman–Crippen LogP) is 10.7. The zero-order valence-corrected chi connectivity index (χ0v) is 30.7. The van der Waals surface area contributed by atoms with Crippen molar-refractivity contribution < 1.29 is 0 Å². The van der Waals surface area contributed by atoms with Crippen molar-refractivity contribution in [2.45, 2.75) is 0 Å². The lowest BCUT2D eigenvalue weighted by atomic mass is 9.91. The summed E-state index contributed by atoms with van der Waals surface area (Å²) < 4.78 is 2.38. The summed E-state index contributed by atoms with van der Waals surface area (Å²) in [5.74, 6) is 0. The first kappa shape index (κ1) is 30.8. The van der Waals surface area contributed by atoms with E-state index >= 15 is 0 Å². The van der Waals surface area contributed by atoms with Crippen molar-refractivity contribution in [1.29, 1.82) is 0 Å². The normalized spacial score (nSPS) is 12.1. The standard InChI is InChI=1S/C52H35NSi/c1-4-14-43(15-5-1)54(44-16-6-2-7-17-44,45-18-8-3-9-19-45)46-34-39-26-24-37-32-41(33-38-25-27-40(35-46)52(39)51(37)38)36-28-30-42(31-29-36)53-49-22-12-10-20-47(49)48-21-11-13-23-50(48)53/h1-35H. The second kappa shape index (κ2) is 12.2. The lowest BCUT2D eigenvalue weighted by Crippen LogP contribution is -2.74. The fraction of sp³-hybridized carbons (Fsp3) is 0. The fourth-order valence-corrected chi connectivity index (χ4v) is 14.1. The quantitative estimate of drug-likeness (QED) is 0.0924. The molecule has 0 bridgehead atoms. The second-order valence-corrected chi connectivity index (χ2v) is 18.3. The molecule has 0 atom stereocenters. The topological polar surface area (TPSA) is 4.93 Å². The van der Waals surface area contributed by atoms with Crippen LogP contribution in [0.4, 0.5) is 0 Å². The van der Waals surface area contributed by atoms with Crippen molar-refractivity contribution in [2.24, 2.45) is 0 Å². The van der Waals surface area contributed by atoms with E-state index < -0.39 is 8.07 Å². The number of hydrogen-bond donors (Lipinski definition) is 0. The minimum atomic E-state index is -2.66. The van der Waals surface area contributed by atoms with Gasteiger partial charge in [-0.1, -0.05) is 176 Å². The molecule has 11 rings (SSSR count). The maximum atomic E-state index is 2.50. The first-order valence-corrected chi connectivity index (χ1v) is 20.8. The van der Waals surface area contributed by atoms with E-state index in [1.807, 2.05) is 0 Å². The minimum Gasteiger partial charge on any atom is -0.309 e. The third kappa shape index (κ3) is 4.57. The summed E-state index contributed by atoms with van der Waals surface area (Å²) in [4.78, 5) is 0. The van der Waals surface area contributed by atoms with Gasteiger partial charge in [0.25, 0.3) is 0 Å². The van der Waals surface area contributed by atoms with E-state index in [0.717, 1.165) is 0 Å². The van der Waals surface area contributed by atoms with Crippen molar-refractivity contribution in [1.82, 2.24) is 4.57 Å². The molecule has 1 aromatic heterocycles. The summed E-state index contributed by atoms with van der Waals surface area (Å²) in [6.07, 6.45) is 0. The molecule has 2 heteroatoms. The number of rotatable bonds is 6. The van der Waals surface area contributed by atoms with Crippen LogP contribution in [0, 0.1) is 0 Å². The van der Waals surface area contributed by atoms with Crippen LogP contribution >= 0.6 is 0 Å². The van der Waals surface area contributed by atoms with E-state index in [1.54, 1.807) is 0 Å². The van der Waals surface area contributed by atoms with Crippen molar-refractivity contribution >= 4 is 82.9 Å². The van der Waals surface area contributed by atoms with E-state index in [0.29, 0.717) is 0 Å². The minimum absolute atomic E-state index is 1.17. The Hall–Kier alpha value is -6.74. The number of aromatic nitrogens is 1. The molecule has 0 aliphatic rings. The zero-order valence-electron chi connectivity index (χ0n) is 29.7. The van der Waals surface area contributed by atoms with Gasteiger partial charge in [-0.2, -0.15) is 0 Å². The van der Waals surface area contributed by atoms with Crippen LogP contribution in [0.5, 0.6) is 0 Å². The van der Waals surface area contributed by atoms with Gasteiger partial charge in [0.1, 0.15) is 0 Å². The van der Waals surface area contributed by atoms with Gasteiger partial charge in [-0.05, 0) is 101 Å². The van der Waals surface area contributed by atoms with E-state index in [4.69, 9.17) is 0 Å². The van der Waals surface area contributed by atoms with Crippen LogP contribution in [0.1, 0.15) is 0 Å². The average molecular weight is 702 g/mol. The Kier molecular flexibility index (Phi) is 6.95. The Morgan fingerprint density at radius 1 is 0.296 bits per heavy atom. The van der Waals surface area contributed by atoms with E-state index in [-0.39, 0.29) is 0 Å². The fourth-order valence-electron chi connectivity index (χ4n) is 9.29. The Morgan fingerprint density at radius 3 is 1.13 bits per heavy atom. The van der Waals surface area contributed by atoms with Crippen LogP contribution in [0.2, 0.25) is 0 Å². The summed E-state index contributed by atoms with van der Waals surface area (Å²) >= 11 is 0. The number of fused-ring (bicyclic) bond motifs is 3. The number of nitrogens with zero attached hydrogens (tertiary/aromatic N) is 1. The largest absolute Gasteiger partial charge is 0.309 e. The molecule has 1 nitrogen and oxygen atoms in total. The van der Waals surface area contributed by atoms with Crippen molar-refractivity contribution in [3.8, 4) is 16.8 Å². The highest BCUT2D eigenvalue weighted by atomic mass is 28.3. The molecule has 54 heavy (non-hydrogen) atoms. The van der Waals surface area contributed by atoms with Gasteiger partial charge in [-0.25, -0.2) is 0 Å². The summed E-state index contributed by atoms with van der Waals surface area (Å²) in [6, 6.07) is 79.2. The summed E-state index contributed by atoms with van der Waals surface area (Å²) in [7, 11) is -2.66.